The monoisotopic (exact) mass is 303 g/mol. The number of hydrogen-bond donors (Lipinski definition) is 3. The molecule has 0 radical (unpaired) electrons. The molecule has 0 bridgehead atoms. The summed E-state index contributed by atoms with van der Waals surface area (Å²) in [6.07, 6.45) is 7.12. The van der Waals surface area contributed by atoms with E-state index in [1.54, 1.807) is 6.20 Å². The van der Waals surface area contributed by atoms with E-state index in [1.807, 2.05) is 6.92 Å². The topological polar surface area (TPSA) is 96.7 Å². The fourth-order valence-corrected chi connectivity index (χ4v) is 2.59. The number of nitrogens with two attached hydrogens (primary N) is 1. The van der Waals surface area contributed by atoms with Crippen LogP contribution in [0.1, 0.15) is 50.3 Å². The highest BCUT2D eigenvalue weighted by molar-refractivity contribution is 5.89. The molecule has 1 amide bonds. The van der Waals surface area contributed by atoms with Crippen LogP contribution in [0.5, 0.6) is 0 Å². The van der Waals surface area contributed by atoms with E-state index in [0.29, 0.717) is 12.1 Å². The van der Waals surface area contributed by atoms with E-state index in [1.165, 1.54) is 0 Å². The minimum Gasteiger partial charge on any atom is -0.398 e. The maximum Gasteiger partial charge on any atom is 0.220 e. The van der Waals surface area contributed by atoms with E-state index in [2.05, 4.69) is 27.4 Å². The zero-order valence-corrected chi connectivity index (χ0v) is 13.4. The van der Waals surface area contributed by atoms with E-state index in [4.69, 9.17) is 5.73 Å². The average Bonchev–Trinajstić information content (AvgIpc) is 2.95. The number of nitrogens with zero attached hydrogens (tertiary/aromatic N) is 2. The lowest BCUT2D eigenvalue weighted by Crippen LogP contribution is -2.24. The van der Waals surface area contributed by atoms with Gasteiger partial charge < -0.3 is 11.1 Å². The Balaban J connectivity index is 1.85. The van der Waals surface area contributed by atoms with Crippen molar-refractivity contribution in [3.8, 4) is 0 Å². The Kier molecular flexibility index (Phi) is 5.75. The molecule has 0 atom stereocenters. The minimum absolute atomic E-state index is 0.115. The highest BCUT2D eigenvalue weighted by atomic mass is 16.1. The number of aromatic amines is 1. The Morgan fingerprint density at radius 3 is 2.95 bits per heavy atom. The summed E-state index contributed by atoms with van der Waals surface area (Å²) in [5, 5.41) is 10.6. The Labute approximate surface area is 130 Å². The van der Waals surface area contributed by atoms with Crippen LogP contribution in [0.4, 0.5) is 5.69 Å². The average molecular weight is 303 g/mol. The second-order valence-electron chi connectivity index (χ2n) is 5.63. The molecule has 2 heterocycles. The zero-order valence-electron chi connectivity index (χ0n) is 13.4. The zero-order chi connectivity index (χ0) is 15.9. The van der Waals surface area contributed by atoms with Crippen LogP contribution in [0.2, 0.25) is 0 Å². The number of carbonyl (C=O) groups excluding carboxylic acids is 1. The highest BCUT2D eigenvalue weighted by Crippen LogP contribution is 2.25. The number of amides is 1. The van der Waals surface area contributed by atoms with Crippen LogP contribution < -0.4 is 11.1 Å². The second kappa shape index (κ2) is 7.77. The molecule has 2 aromatic heterocycles. The van der Waals surface area contributed by atoms with Gasteiger partial charge in [-0.3, -0.25) is 9.89 Å². The number of aromatic nitrogens is 3. The molecule has 2 aromatic rings. The number of pyridine rings is 1. The molecule has 0 spiro atoms. The molecular weight excluding hydrogens is 278 g/mol. The Hall–Kier alpha value is -2.11. The molecular formula is C16H25N5O. The van der Waals surface area contributed by atoms with Gasteiger partial charge in [0, 0.05) is 24.3 Å². The fraction of sp³-hybridized carbons (Fsp3) is 0.562. The summed E-state index contributed by atoms with van der Waals surface area (Å²) in [6, 6.07) is 0. The highest BCUT2D eigenvalue weighted by Gasteiger charge is 2.12. The van der Waals surface area contributed by atoms with Crippen molar-refractivity contribution in [2.24, 2.45) is 0 Å². The quantitative estimate of drug-likeness (QED) is 0.653. The van der Waals surface area contributed by atoms with E-state index in [-0.39, 0.29) is 5.91 Å². The molecule has 0 unspecified atom stereocenters. The van der Waals surface area contributed by atoms with Gasteiger partial charge >= 0.3 is 0 Å². The summed E-state index contributed by atoms with van der Waals surface area (Å²) in [4.78, 5) is 16.2. The summed E-state index contributed by atoms with van der Waals surface area (Å²) in [5.41, 5.74) is 9.55. The van der Waals surface area contributed by atoms with Crippen LogP contribution in [0, 0.1) is 6.92 Å². The number of unbranched alkanes of at least 4 members (excludes halogenated alkanes) is 2. The van der Waals surface area contributed by atoms with Gasteiger partial charge in [-0.1, -0.05) is 19.8 Å². The van der Waals surface area contributed by atoms with E-state index in [0.717, 1.165) is 61.0 Å². The number of hydrogen-bond acceptors (Lipinski definition) is 4. The predicted molar refractivity (Wildman–Crippen MR) is 88.5 cm³/mol. The lowest BCUT2D eigenvalue weighted by molar-refractivity contribution is -0.121. The molecule has 4 N–H and O–H groups in total. The van der Waals surface area contributed by atoms with Crippen molar-refractivity contribution in [2.45, 2.75) is 52.4 Å². The van der Waals surface area contributed by atoms with Gasteiger partial charge in [0.05, 0.1) is 11.6 Å². The number of rotatable bonds is 8. The van der Waals surface area contributed by atoms with Gasteiger partial charge in [-0.2, -0.15) is 5.10 Å². The van der Waals surface area contributed by atoms with Crippen molar-refractivity contribution in [3.63, 3.8) is 0 Å². The fourth-order valence-electron chi connectivity index (χ4n) is 2.59. The number of anilines is 1. The van der Waals surface area contributed by atoms with Crippen LogP contribution in [-0.2, 0) is 11.2 Å². The molecule has 0 aliphatic heterocycles. The third-order valence-electron chi connectivity index (χ3n) is 3.88. The van der Waals surface area contributed by atoms with Crippen molar-refractivity contribution in [1.82, 2.24) is 20.5 Å². The first-order valence-corrected chi connectivity index (χ1v) is 7.98. The molecule has 0 aromatic carbocycles. The smallest absolute Gasteiger partial charge is 0.220 e. The first-order valence-electron chi connectivity index (χ1n) is 7.98. The van der Waals surface area contributed by atoms with Gasteiger partial charge in [-0.25, -0.2) is 4.98 Å². The summed E-state index contributed by atoms with van der Waals surface area (Å²) in [6.45, 7) is 4.87. The number of fused-ring (bicyclic) bond motifs is 1. The normalized spacial score (nSPS) is 11.0. The number of carbonyl (C=O) groups is 1. The molecule has 2 rings (SSSR count). The summed E-state index contributed by atoms with van der Waals surface area (Å²) in [5.74, 6) is 0.115. The van der Waals surface area contributed by atoms with E-state index < -0.39 is 0 Å². The van der Waals surface area contributed by atoms with Gasteiger partial charge in [-0.05, 0) is 31.7 Å². The molecule has 22 heavy (non-hydrogen) atoms. The molecule has 0 aliphatic rings. The van der Waals surface area contributed by atoms with Crippen molar-refractivity contribution in [1.29, 1.82) is 0 Å². The predicted octanol–water partition coefficient (Wildman–Crippen LogP) is 2.48. The van der Waals surface area contributed by atoms with Crippen LogP contribution in [-0.4, -0.2) is 27.6 Å². The van der Waals surface area contributed by atoms with Crippen LogP contribution >= 0.6 is 0 Å². The molecule has 0 aliphatic carbocycles. The third kappa shape index (κ3) is 3.96. The Morgan fingerprint density at radius 1 is 1.36 bits per heavy atom. The van der Waals surface area contributed by atoms with Gasteiger partial charge in [0.2, 0.25) is 5.91 Å². The molecule has 6 heteroatoms. The minimum atomic E-state index is 0.115. The maximum absolute atomic E-state index is 11.8. The lowest BCUT2D eigenvalue weighted by atomic mass is 10.0. The lowest BCUT2D eigenvalue weighted by Gasteiger charge is -2.10. The van der Waals surface area contributed by atoms with E-state index >= 15 is 0 Å². The molecule has 0 saturated carbocycles. The van der Waals surface area contributed by atoms with Gasteiger partial charge in [0.15, 0.2) is 5.65 Å². The van der Waals surface area contributed by atoms with Gasteiger partial charge in [0.25, 0.3) is 0 Å². The van der Waals surface area contributed by atoms with Crippen molar-refractivity contribution in [2.75, 3.05) is 12.3 Å². The van der Waals surface area contributed by atoms with Crippen molar-refractivity contribution in [3.05, 3.63) is 17.5 Å². The number of aryl methyl sites for hydroxylation is 1. The van der Waals surface area contributed by atoms with Gasteiger partial charge in [-0.15, -0.1) is 0 Å². The first kappa shape index (κ1) is 16.3. The standard InChI is InChI=1S/C16H25N5O/c1-3-4-5-9-18-14(22)8-6-7-12-11(2)20-16-13(15(12)17)10-19-21-16/h10H,3-9H2,1-2H3,(H,18,22)(H3,17,19,20,21). The van der Waals surface area contributed by atoms with Gasteiger partial charge in [0.1, 0.15) is 0 Å². The van der Waals surface area contributed by atoms with Crippen LogP contribution in [0.3, 0.4) is 0 Å². The Morgan fingerprint density at radius 2 is 2.18 bits per heavy atom. The largest absolute Gasteiger partial charge is 0.398 e. The number of H-pyrrole nitrogens is 1. The first-order chi connectivity index (χ1) is 10.6. The summed E-state index contributed by atoms with van der Waals surface area (Å²) >= 11 is 0. The third-order valence-corrected chi connectivity index (χ3v) is 3.88. The van der Waals surface area contributed by atoms with Crippen molar-refractivity contribution < 1.29 is 4.79 Å². The summed E-state index contributed by atoms with van der Waals surface area (Å²) in [7, 11) is 0. The molecule has 0 saturated heterocycles. The number of nitrogen functional groups attached to an aromatic ring is 1. The van der Waals surface area contributed by atoms with Crippen molar-refractivity contribution >= 4 is 22.6 Å². The Bertz CT molecular complexity index is 635. The maximum atomic E-state index is 11.8. The van der Waals surface area contributed by atoms with E-state index in [9.17, 15) is 4.79 Å². The van der Waals surface area contributed by atoms with Crippen LogP contribution in [0.15, 0.2) is 6.20 Å². The second-order valence-corrected chi connectivity index (χ2v) is 5.63. The summed E-state index contributed by atoms with van der Waals surface area (Å²) < 4.78 is 0. The SMILES string of the molecule is CCCCCNC(=O)CCCc1c(C)nc2[nH]ncc2c1N. The van der Waals surface area contributed by atoms with Crippen LogP contribution in [0.25, 0.3) is 11.0 Å². The number of nitrogens with one attached hydrogen (secondary N) is 2. The molecule has 0 fully saturated rings. The molecule has 120 valence electrons. The molecule has 6 nitrogen and oxygen atoms in total.